The van der Waals surface area contributed by atoms with E-state index < -0.39 is 17.9 Å². The van der Waals surface area contributed by atoms with Gasteiger partial charge in [0.15, 0.2) is 0 Å². The van der Waals surface area contributed by atoms with Crippen LogP contribution < -0.4 is 5.32 Å². The van der Waals surface area contributed by atoms with Gasteiger partial charge in [-0.1, -0.05) is 6.07 Å². The summed E-state index contributed by atoms with van der Waals surface area (Å²) in [6, 6.07) is 4.02. The van der Waals surface area contributed by atoms with E-state index in [1.54, 1.807) is 12.1 Å². The highest BCUT2D eigenvalue weighted by Gasteiger charge is 2.20. The highest BCUT2D eigenvalue weighted by molar-refractivity contribution is 9.10. The van der Waals surface area contributed by atoms with Gasteiger partial charge in [0.05, 0.1) is 0 Å². The van der Waals surface area contributed by atoms with Gasteiger partial charge in [0.2, 0.25) is 0 Å². The maximum Gasteiger partial charge on any atom is 0.326 e. The van der Waals surface area contributed by atoms with Gasteiger partial charge in [0, 0.05) is 0 Å². The topological polar surface area (TPSA) is 79.3 Å². The smallest absolute Gasteiger partial charge is 0.326 e. The second kappa shape index (κ2) is 7.38. The van der Waals surface area contributed by atoms with Crippen molar-refractivity contribution >= 4 is 39.6 Å². The van der Waals surface area contributed by atoms with E-state index in [2.05, 4.69) is 26.2 Å². The molecule has 5 nitrogen and oxygen atoms in total. The Morgan fingerprint density at radius 3 is 2.83 bits per heavy atom. The Kier molecular flexibility index (Phi) is 6.14. The molecule has 0 aromatic carbocycles. The van der Waals surface area contributed by atoms with Crippen molar-refractivity contribution in [2.24, 2.45) is 0 Å². The summed E-state index contributed by atoms with van der Waals surface area (Å²) in [5, 5.41) is 11.5. The Bertz CT molecular complexity index is 442. The molecule has 0 aliphatic heterocycles. The number of halogens is 1. The number of nitrogens with zero attached hydrogens (tertiary/aromatic N) is 1. The second-order valence-electron chi connectivity index (χ2n) is 3.49. The summed E-state index contributed by atoms with van der Waals surface area (Å²) in [4.78, 5) is 26.8. The maximum absolute atomic E-state index is 11.8. The van der Waals surface area contributed by atoms with E-state index in [1.165, 1.54) is 17.8 Å². The molecule has 98 valence electrons. The van der Waals surface area contributed by atoms with E-state index in [1.807, 2.05) is 6.26 Å². The van der Waals surface area contributed by atoms with Crippen molar-refractivity contribution in [3.63, 3.8) is 0 Å². The number of thioether (sulfide) groups is 1. The van der Waals surface area contributed by atoms with Crippen LogP contribution in [-0.4, -0.2) is 40.0 Å². The zero-order valence-corrected chi connectivity index (χ0v) is 12.1. The number of nitrogens with one attached hydrogen (secondary N) is 1. The highest BCUT2D eigenvalue weighted by atomic mass is 79.9. The Labute approximate surface area is 117 Å². The number of hydrogen-bond donors (Lipinski definition) is 2. The minimum absolute atomic E-state index is 0.194. The molecule has 2 N–H and O–H groups in total. The van der Waals surface area contributed by atoms with Gasteiger partial charge in [0.25, 0.3) is 5.91 Å². The van der Waals surface area contributed by atoms with Gasteiger partial charge >= 0.3 is 5.97 Å². The lowest BCUT2D eigenvalue weighted by Gasteiger charge is -2.13. The molecule has 0 fully saturated rings. The average Bonchev–Trinajstić information content (AvgIpc) is 2.33. The van der Waals surface area contributed by atoms with Crippen LogP contribution in [0.3, 0.4) is 0 Å². The first-order chi connectivity index (χ1) is 8.54. The number of carbonyl (C=O) groups excluding carboxylic acids is 1. The number of hydrogen-bond acceptors (Lipinski definition) is 4. The van der Waals surface area contributed by atoms with Gasteiger partial charge in [-0.2, -0.15) is 11.8 Å². The first-order valence-electron chi connectivity index (χ1n) is 5.19. The van der Waals surface area contributed by atoms with E-state index in [4.69, 9.17) is 5.11 Å². The molecule has 0 spiro atoms. The van der Waals surface area contributed by atoms with E-state index in [0.717, 1.165) is 0 Å². The molecule has 1 aromatic heterocycles. The summed E-state index contributed by atoms with van der Waals surface area (Å²) >= 11 is 4.69. The van der Waals surface area contributed by atoms with E-state index in [-0.39, 0.29) is 5.69 Å². The zero-order valence-electron chi connectivity index (χ0n) is 9.72. The molecule has 1 rings (SSSR count). The van der Waals surface area contributed by atoms with Crippen molar-refractivity contribution in [2.45, 2.75) is 12.5 Å². The van der Waals surface area contributed by atoms with Gasteiger partial charge in [-0.25, -0.2) is 9.78 Å². The number of aliphatic carboxylic acids is 1. The molecule has 0 saturated heterocycles. The zero-order chi connectivity index (χ0) is 13.5. The predicted octanol–water partition coefficient (Wildman–Crippen LogP) is 1.78. The van der Waals surface area contributed by atoms with Gasteiger partial charge < -0.3 is 10.4 Å². The fourth-order valence-corrected chi connectivity index (χ4v) is 2.08. The molecule has 0 radical (unpaired) electrons. The third-order valence-corrected chi connectivity index (χ3v) is 3.25. The molecular formula is C11H13BrN2O3S. The third-order valence-electron chi connectivity index (χ3n) is 2.16. The van der Waals surface area contributed by atoms with Crippen LogP contribution >= 0.6 is 27.7 Å². The van der Waals surface area contributed by atoms with Crippen LogP contribution in [0, 0.1) is 0 Å². The standard InChI is InChI=1S/C11H13BrN2O3S/c1-18-6-5-8(11(16)17)14-10(15)7-3-2-4-9(12)13-7/h2-4,8H,5-6H2,1H3,(H,14,15)(H,16,17). The summed E-state index contributed by atoms with van der Waals surface area (Å²) in [6.07, 6.45) is 2.27. The number of pyridine rings is 1. The Hall–Kier alpha value is -1.08. The molecule has 0 saturated carbocycles. The van der Waals surface area contributed by atoms with Gasteiger partial charge in [-0.05, 0) is 46.5 Å². The molecule has 0 aliphatic carbocycles. The van der Waals surface area contributed by atoms with E-state index in [0.29, 0.717) is 16.8 Å². The fourth-order valence-electron chi connectivity index (χ4n) is 1.26. The van der Waals surface area contributed by atoms with Gasteiger partial charge in [-0.3, -0.25) is 4.79 Å². The average molecular weight is 333 g/mol. The summed E-state index contributed by atoms with van der Waals surface area (Å²) < 4.78 is 0.533. The van der Waals surface area contributed by atoms with Crippen LogP contribution in [-0.2, 0) is 4.79 Å². The lowest BCUT2D eigenvalue weighted by atomic mass is 10.2. The molecule has 1 amide bonds. The predicted molar refractivity (Wildman–Crippen MR) is 73.8 cm³/mol. The Morgan fingerprint density at radius 1 is 1.56 bits per heavy atom. The van der Waals surface area contributed by atoms with Crippen molar-refractivity contribution in [1.82, 2.24) is 10.3 Å². The normalized spacial score (nSPS) is 11.9. The van der Waals surface area contributed by atoms with Crippen LogP contribution in [0.25, 0.3) is 0 Å². The number of carboxylic acid groups (broad SMARTS) is 1. The molecule has 1 heterocycles. The monoisotopic (exact) mass is 332 g/mol. The molecule has 0 bridgehead atoms. The summed E-state index contributed by atoms with van der Waals surface area (Å²) in [6.45, 7) is 0. The lowest BCUT2D eigenvalue weighted by molar-refractivity contribution is -0.139. The number of amides is 1. The number of rotatable bonds is 6. The summed E-state index contributed by atoms with van der Waals surface area (Å²) in [7, 11) is 0. The summed E-state index contributed by atoms with van der Waals surface area (Å²) in [5.41, 5.74) is 0.194. The van der Waals surface area contributed by atoms with Crippen LogP contribution in [0.5, 0.6) is 0 Å². The first kappa shape index (κ1) is 15.0. The van der Waals surface area contributed by atoms with Crippen LogP contribution in [0.2, 0.25) is 0 Å². The second-order valence-corrected chi connectivity index (χ2v) is 5.29. The van der Waals surface area contributed by atoms with Crippen molar-refractivity contribution < 1.29 is 14.7 Å². The number of aromatic nitrogens is 1. The Balaban J connectivity index is 2.69. The maximum atomic E-state index is 11.8. The van der Waals surface area contributed by atoms with Crippen molar-refractivity contribution in [3.8, 4) is 0 Å². The molecular weight excluding hydrogens is 320 g/mol. The van der Waals surface area contributed by atoms with Crippen LogP contribution in [0.15, 0.2) is 22.8 Å². The van der Waals surface area contributed by atoms with E-state index >= 15 is 0 Å². The molecule has 1 aromatic rings. The highest BCUT2D eigenvalue weighted by Crippen LogP contribution is 2.07. The third kappa shape index (κ3) is 4.66. The van der Waals surface area contributed by atoms with Crippen molar-refractivity contribution in [3.05, 3.63) is 28.5 Å². The number of carboxylic acids is 1. The first-order valence-corrected chi connectivity index (χ1v) is 7.38. The van der Waals surface area contributed by atoms with Gasteiger partial charge in [0.1, 0.15) is 16.3 Å². The number of carbonyl (C=O) groups is 2. The molecule has 0 aliphatic rings. The molecule has 1 atom stereocenters. The van der Waals surface area contributed by atoms with E-state index in [9.17, 15) is 9.59 Å². The van der Waals surface area contributed by atoms with Gasteiger partial charge in [-0.15, -0.1) is 0 Å². The molecule has 1 unspecified atom stereocenters. The van der Waals surface area contributed by atoms with Crippen molar-refractivity contribution in [2.75, 3.05) is 12.0 Å². The SMILES string of the molecule is CSCCC(NC(=O)c1cccc(Br)n1)C(=O)O. The minimum Gasteiger partial charge on any atom is -0.480 e. The lowest BCUT2D eigenvalue weighted by Crippen LogP contribution is -2.41. The fraction of sp³-hybridized carbons (Fsp3) is 0.364. The van der Waals surface area contributed by atoms with Crippen molar-refractivity contribution in [1.29, 1.82) is 0 Å². The van der Waals surface area contributed by atoms with Crippen LogP contribution in [0.4, 0.5) is 0 Å². The summed E-state index contributed by atoms with van der Waals surface area (Å²) in [5.74, 6) is -0.847. The quantitative estimate of drug-likeness (QED) is 0.776. The van der Waals surface area contributed by atoms with Crippen LogP contribution in [0.1, 0.15) is 16.9 Å². The largest absolute Gasteiger partial charge is 0.480 e. The molecule has 18 heavy (non-hydrogen) atoms. The minimum atomic E-state index is -1.03. The molecule has 7 heteroatoms. The Morgan fingerprint density at radius 2 is 2.28 bits per heavy atom.